The van der Waals surface area contributed by atoms with Crippen molar-refractivity contribution >= 4 is 23.6 Å². The predicted octanol–water partition coefficient (Wildman–Crippen LogP) is 1.87. The molecule has 0 aromatic heterocycles. The van der Waals surface area contributed by atoms with Gasteiger partial charge in [0.05, 0.1) is 5.75 Å². The minimum atomic E-state index is -0.862. The molecule has 0 fully saturated rings. The van der Waals surface area contributed by atoms with Gasteiger partial charge in [-0.05, 0) is 25.2 Å². The first-order valence-corrected chi connectivity index (χ1v) is 6.48. The number of nitrogens with two attached hydrogens (primary N) is 1. The molecule has 0 spiro atoms. The van der Waals surface area contributed by atoms with Gasteiger partial charge in [0, 0.05) is 0 Å². The number of rotatable bonds is 8. The lowest BCUT2D eigenvalue weighted by Crippen LogP contribution is -2.36. The summed E-state index contributed by atoms with van der Waals surface area (Å²) in [6.45, 7) is 5.95. The van der Waals surface area contributed by atoms with E-state index in [4.69, 9.17) is 5.73 Å². The molecule has 0 aromatic carbocycles. The molecule has 16 heavy (non-hydrogen) atoms. The van der Waals surface area contributed by atoms with Gasteiger partial charge in [-0.25, -0.2) is 0 Å². The lowest BCUT2D eigenvalue weighted by Gasteiger charge is -2.27. The SMILES string of the molecule is CCC(CCC(C)C)(SCC(N)=O)C(=O)O. The molecular weight excluding hydrogens is 226 g/mol. The first kappa shape index (κ1) is 15.3. The summed E-state index contributed by atoms with van der Waals surface area (Å²) in [4.78, 5) is 22.0. The smallest absolute Gasteiger partial charge is 0.319 e. The Kier molecular flexibility index (Phi) is 6.48. The van der Waals surface area contributed by atoms with Crippen LogP contribution in [-0.4, -0.2) is 27.5 Å². The molecule has 1 amide bonds. The monoisotopic (exact) mass is 247 g/mol. The van der Waals surface area contributed by atoms with Gasteiger partial charge >= 0.3 is 5.97 Å². The molecule has 0 radical (unpaired) electrons. The highest BCUT2D eigenvalue weighted by molar-refractivity contribution is 8.02. The Hall–Kier alpha value is -0.710. The summed E-state index contributed by atoms with van der Waals surface area (Å²) in [7, 11) is 0. The number of aliphatic carboxylic acids is 1. The molecule has 1 unspecified atom stereocenters. The van der Waals surface area contributed by atoms with Gasteiger partial charge in [0.15, 0.2) is 0 Å². The van der Waals surface area contributed by atoms with E-state index < -0.39 is 16.6 Å². The molecule has 3 N–H and O–H groups in total. The largest absolute Gasteiger partial charge is 0.480 e. The summed E-state index contributed by atoms with van der Waals surface area (Å²) in [6.07, 6.45) is 1.92. The molecule has 0 saturated heterocycles. The predicted molar refractivity (Wildman–Crippen MR) is 66.4 cm³/mol. The number of hydrogen-bond donors (Lipinski definition) is 2. The van der Waals surface area contributed by atoms with Crippen LogP contribution in [-0.2, 0) is 9.59 Å². The van der Waals surface area contributed by atoms with Crippen LogP contribution in [0.5, 0.6) is 0 Å². The van der Waals surface area contributed by atoms with Crippen molar-refractivity contribution in [3.05, 3.63) is 0 Å². The zero-order chi connectivity index (χ0) is 12.8. The molecule has 0 heterocycles. The molecule has 0 aliphatic rings. The van der Waals surface area contributed by atoms with Crippen LogP contribution in [0.2, 0.25) is 0 Å². The van der Waals surface area contributed by atoms with Crippen molar-refractivity contribution in [2.75, 3.05) is 5.75 Å². The highest BCUT2D eigenvalue weighted by Crippen LogP contribution is 2.35. The normalized spacial score (nSPS) is 14.8. The Morgan fingerprint density at radius 1 is 1.44 bits per heavy atom. The van der Waals surface area contributed by atoms with Crippen molar-refractivity contribution in [3.8, 4) is 0 Å². The molecule has 0 saturated carbocycles. The maximum absolute atomic E-state index is 11.3. The number of primary amides is 1. The van der Waals surface area contributed by atoms with E-state index in [-0.39, 0.29) is 5.75 Å². The van der Waals surface area contributed by atoms with E-state index in [0.717, 1.165) is 18.2 Å². The van der Waals surface area contributed by atoms with Gasteiger partial charge in [0.25, 0.3) is 0 Å². The fraction of sp³-hybridized carbons (Fsp3) is 0.818. The third-order valence-corrected chi connectivity index (χ3v) is 4.23. The van der Waals surface area contributed by atoms with Crippen molar-refractivity contribution in [2.24, 2.45) is 11.7 Å². The van der Waals surface area contributed by atoms with Crippen LogP contribution in [0.3, 0.4) is 0 Å². The average Bonchev–Trinajstić information content (AvgIpc) is 2.17. The minimum absolute atomic E-state index is 0.0677. The number of hydrogen-bond acceptors (Lipinski definition) is 3. The lowest BCUT2D eigenvalue weighted by molar-refractivity contribution is -0.140. The van der Waals surface area contributed by atoms with Crippen molar-refractivity contribution in [1.82, 2.24) is 0 Å². The Morgan fingerprint density at radius 3 is 2.31 bits per heavy atom. The molecule has 0 aliphatic heterocycles. The van der Waals surface area contributed by atoms with Crippen LogP contribution < -0.4 is 5.73 Å². The molecule has 0 aliphatic carbocycles. The van der Waals surface area contributed by atoms with Gasteiger partial charge in [-0.1, -0.05) is 20.8 Å². The third-order valence-electron chi connectivity index (χ3n) is 2.58. The first-order chi connectivity index (χ1) is 7.34. The number of carbonyl (C=O) groups excluding carboxylic acids is 1. The highest BCUT2D eigenvalue weighted by atomic mass is 32.2. The molecule has 94 valence electrons. The van der Waals surface area contributed by atoms with Crippen LogP contribution in [0.25, 0.3) is 0 Å². The van der Waals surface area contributed by atoms with E-state index >= 15 is 0 Å². The minimum Gasteiger partial charge on any atom is -0.480 e. The summed E-state index contributed by atoms with van der Waals surface area (Å²) in [5.41, 5.74) is 5.06. The van der Waals surface area contributed by atoms with E-state index in [1.165, 1.54) is 0 Å². The number of carbonyl (C=O) groups is 2. The van der Waals surface area contributed by atoms with Gasteiger partial charge in [0.2, 0.25) is 5.91 Å². The van der Waals surface area contributed by atoms with E-state index in [1.807, 2.05) is 6.92 Å². The fourth-order valence-electron chi connectivity index (χ4n) is 1.40. The number of carboxylic acids is 1. The Bertz CT molecular complexity index is 256. The Balaban J connectivity index is 4.57. The number of thioether (sulfide) groups is 1. The molecule has 0 rings (SSSR count). The Morgan fingerprint density at radius 2 is 2.00 bits per heavy atom. The summed E-state index contributed by atoms with van der Waals surface area (Å²) >= 11 is 1.15. The first-order valence-electron chi connectivity index (χ1n) is 5.49. The average molecular weight is 247 g/mol. The van der Waals surface area contributed by atoms with Gasteiger partial charge in [-0.2, -0.15) is 0 Å². The molecule has 0 aromatic rings. The van der Waals surface area contributed by atoms with E-state index in [0.29, 0.717) is 18.8 Å². The quantitative estimate of drug-likeness (QED) is 0.686. The van der Waals surface area contributed by atoms with E-state index in [2.05, 4.69) is 13.8 Å². The van der Waals surface area contributed by atoms with Crippen molar-refractivity contribution in [2.45, 2.75) is 44.8 Å². The van der Waals surface area contributed by atoms with Gasteiger partial charge < -0.3 is 10.8 Å². The summed E-state index contributed by atoms with van der Waals surface area (Å²) in [5, 5.41) is 9.28. The van der Waals surface area contributed by atoms with Gasteiger partial charge in [-0.3, -0.25) is 9.59 Å². The second-order valence-corrected chi connectivity index (χ2v) is 5.70. The molecule has 1 atom stereocenters. The standard InChI is InChI=1S/C11H21NO3S/c1-4-11(10(14)15,6-5-8(2)3)16-7-9(12)13/h8H,4-7H2,1-3H3,(H2,12,13)(H,14,15). The summed E-state index contributed by atoms with van der Waals surface area (Å²) in [5.74, 6) is -0.784. The van der Waals surface area contributed by atoms with Crippen LogP contribution >= 0.6 is 11.8 Å². The Labute approximate surface area is 101 Å². The molecule has 4 nitrogen and oxygen atoms in total. The zero-order valence-electron chi connectivity index (χ0n) is 10.2. The van der Waals surface area contributed by atoms with E-state index in [9.17, 15) is 14.7 Å². The van der Waals surface area contributed by atoms with Crippen LogP contribution in [0.4, 0.5) is 0 Å². The maximum atomic E-state index is 11.3. The van der Waals surface area contributed by atoms with Crippen molar-refractivity contribution < 1.29 is 14.7 Å². The summed E-state index contributed by atoms with van der Waals surface area (Å²) in [6, 6.07) is 0. The van der Waals surface area contributed by atoms with Crippen molar-refractivity contribution in [3.63, 3.8) is 0 Å². The molecule has 5 heteroatoms. The van der Waals surface area contributed by atoms with Crippen LogP contribution in [0, 0.1) is 5.92 Å². The van der Waals surface area contributed by atoms with Crippen molar-refractivity contribution in [1.29, 1.82) is 0 Å². The summed E-state index contributed by atoms with van der Waals surface area (Å²) < 4.78 is -0.862. The van der Waals surface area contributed by atoms with Gasteiger partial charge in [0.1, 0.15) is 4.75 Å². The lowest BCUT2D eigenvalue weighted by atomic mass is 9.95. The van der Waals surface area contributed by atoms with Gasteiger partial charge in [-0.15, -0.1) is 11.8 Å². The number of carboxylic acid groups (broad SMARTS) is 1. The number of amides is 1. The molecular formula is C11H21NO3S. The zero-order valence-corrected chi connectivity index (χ0v) is 11.0. The third kappa shape index (κ3) is 4.88. The van der Waals surface area contributed by atoms with Crippen LogP contribution in [0.15, 0.2) is 0 Å². The van der Waals surface area contributed by atoms with Crippen LogP contribution in [0.1, 0.15) is 40.0 Å². The highest BCUT2D eigenvalue weighted by Gasteiger charge is 2.37. The second kappa shape index (κ2) is 6.78. The topological polar surface area (TPSA) is 80.4 Å². The molecule has 0 bridgehead atoms. The fourth-order valence-corrected chi connectivity index (χ4v) is 2.41. The second-order valence-electron chi connectivity index (χ2n) is 4.34. The maximum Gasteiger partial charge on any atom is 0.319 e. The van der Waals surface area contributed by atoms with E-state index in [1.54, 1.807) is 0 Å².